The highest BCUT2D eigenvalue weighted by Gasteiger charge is 2.20. The van der Waals surface area contributed by atoms with E-state index in [1.165, 1.54) is 0 Å². The number of anilines is 1. The summed E-state index contributed by atoms with van der Waals surface area (Å²) in [4.78, 5) is 5.27. The van der Waals surface area contributed by atoms with E-state index in [2.05, 4.69) is 38.7 Å². The predicted molar refractivity (Wildman–Crippen MR) is 84.4 cm³/mol. The number of thiocarbonyl (C=S) groups is 1. The summed E-state index contributed by atoms with van der Waals surface area (Å²) in [6.07, 6.45) is 0. The van der Waals surface area contributed by atoms with Gasteiger partial charge in [0.15, 0.2) is 0 Å². The molecule has 3 nitrogen and oxygen atoms in total. The number of piperazine rings is 1. The maximum absolute atomic E-state index is 5.84. The van der Waals surface area contributed by atoms with Crippen molar-refractivity contribution in [3.8, 4) is 0 Å². The quantitative estimate of drug-likeness (QED) is 0.863. The lowest BCUT2D eigenvalue weighted by molar-refractivity contribution is 0.271. The molecule has 5 heteroatoms. The molecule has 2 N–H and O–H groups in total. The van der Waals surface area contributed by atoms with Gasteiger partial charge in [-0.3, -0.25) is 0 Å². The van der Waals surface area contributed by atoms with E-state index in [4.69, 9.17) is 18.0 Å². The average molecular weight is 328 g/mol. The summed E-state index contributed by atoms with van der Waals surface area (Å²) in [5.41, 5.74) is 7.94. The van der Waals surface area contributed by atoms with Crippen LogP contribution in [-0.2, 0) is 0 Å². The SMILES string of the molecule is CCN1CCN(c2cccc(Br)c2C(N)=S)CC1. The topological polar surface area (TPSA) is 32.5 Å². The van der Waals surface area contributed by atoms with Gasteiger partial charge in [0.05, 0.1) is 0 Å². The van der Waals surface area contributed by atoms with Crippen molar-refractivity contribution in [3.05, 3.63) is 28.2 Å². The zero-order valence-corrected chi connectivity index (χ0v) is 12.9. The Morgan fingerprint density at radius 1 is 1.33 bits per heavy atom. The Morgan fingerprint density at radius 2 is 2.00 bits per heavy atom. The number of benzene rings is 1. The monoisotopic (exact) mass is 327 g/mol. The highest BCUT2D eigenvalue weighted by Crippen LogP contribution is 2.28. The van der Waals surface area contributed by atoms with Crippen molar-refractivity contribution >= 4 is 38.8 Å². The lowest BCUT2D eigenvalue weighted by atomic mass is 10.1. The Hall–Kier alpha value is -0.650. The summed E-state index contributed by atoms with van der Waals surface area (Å²) in [5, 5.41) is 0. The number of likely N-dealkylation sites (N-methyl/N-ethyl adjacent to an activating group) is 1. The molecule has 1 aliphatic heterocycles. The molecule has 0 bridgehead atoms. The molecule has 2 rings (SSSR count). The van der Waals surface area contributed by atoms with Crippen LogP contribution in [-0.4, -0.2) is 42.6 Å². The second kappa shape index (κ2) is 5.99. The van der Waals surface area contributed by atoms with Crippen molar-refractivity contribution in [2.45, 2.75) is 6.92 Å². The molecular formula is C13H18BrN3S. The van der Waals surface area contributed by atoms with Gasteiger partial charge in [-0.1, -0.05) is 25.2 Å². The zero-order chi connectivity index (χ0) is 13.1. The van der Waals surface area contributed by atoms with E-state index < -0.39 is 0 Å². The van der Waals surface area contributed by atoms with Crippen LogP contribution >= 0.6 is 28.1 Å². The molecule has 18 heavy (non-hydrogen) atoms. The molecule has 1 aromatic rings. The van der Waals surface area contributed by atoms with E-state index in [1.807, 2.05) is 12.1 Å². The molecular weight excluding hydrogens is 310 g/mol. The van der Waals surface area contributed by atoms with Gasteiger partial charge >= 0.3 is 0 Å². The van der Waals surface area contributed by atoms with Gasteiger partial charge in [-0.25, -0.2) is 0 Å². The third-order valence-electron chi connectivity index (χ3n) is 3.40. The second-order valence-electron chi connectivity index (χ2n) is 4.42. The first-order valence-corrected chi connectivity index (χ1v) is 7.39. The first-order valence-electron chi connectivity index (χ1n) is 6.19. The molecule has 0 atom stereocenters. The fourth-order valence-electron chi connectivity index (χ4n) is 2.33. The normalized spacial score (nSPS) is 16.9. The third kappa shape index (κ3) is 2.84. The average Bonchev–Trinajstić information content (AvgIpc) is 2.38. The van der Waals surface area contributed by atoms with Crippen LogP contribution in [0.1, 0.15) is 12.5 Å². The molecule has 1 fully saturated rings. The van der Waals surface area contributed by atoms with Crippen LogP contribution in [0.5, 0.6) is 0 Å². The van der Waals surface area contributed by atoms with Crippen molar-refractivity contribution in [1.82, 2.24) is 4.90 Å². The van der Waals surface area contributed by atoms with Gasteiger partial charge in [-0.05, 0) is 34.6 Å². The third-order valence-corrected chi connectivity index (χ3v) is 4.26. The van der Waals surface area contributed by atoms with Crippen molar-refractivity contribution < 1.29 is 0 Å². The second-order valence-corrected chi connectivity index (χ2v) is 5.71. The molecule has 0 spiro atoms. The van der Waals surface area contributed by atoms with E-state index in [0.29, 0.717) is 4.99 Å². The van der Waals surface area contributed by atoms with Crippen molar-refractivity contribution in [2.24, 2.45) is 5.73 Å². The Morgan fingerprint density at radius 3 is 2.56 bits per heavy atom. The van der Waals surface area contributed by atoms with Gasteiger partial charge in [0.2, 0.25) is 0 Å². The van der Waals surface area contributed by atoms with E-state index >= 15 is 0 Å². The molecule has 1 aromatic carbocycles. The summed E-state index contributed by atoms with van der Waals surface area (Å²) in [6.45, 7) is 7.57. The van der Waals surface area contributed by atoms with Gasteiger partial charge in [0.25, 0.3) is 0 Å². The van der Waals surface area contributed by atoms with Crippen molar-refractivity contribution in [1.29, 1.82) is 0 Å². The van der Waals surface area contributed by atoms with Gasteiger partial charge in [-0.15, -0.1) is 0 Å². The molecule has 0 saturated carbocycles. The molecule has 0 radical (unpaired) electrons. The number of hydrogen-bond acceptors (Lipinski definition) is 3. The fraction of sp³-hybridized carbons (Fsp3) is 0.462. The highest BCUT2D eigenvalue weighted by atomic mass is 79.9. The largest absolute Gasteiger partial charge is 0.389 e. The number of halogens is 1. The summed E-state index contributed by atoms with van der Waals surface area (Å²) >= 11 is 8.70. The lowest BCUT2D eigenvalue weighted by Crippen LogP contribution is -2.46. The number of rotatable bonds is 3. The Kier molecular flexibility index (Phi) is 4.59. The predicted octanol–water partition coefficient (Wildman–Crippen LogP) is 2.23. The Labute approximate surface area is 122 Å². The Bertz CT molecular complexity index is 442. The minimum Gasteiger partial charge on any atom is -0.389 e. The Balaban J connectivity index is 2.24. The standard InChI is InChI=1S/C13H18BrN3S/c1-2-16-6-8-17(9-7-16)11-5-3-4-10(14)12(11)13(15)18/h3-5H,2,6-9H2,1H3,(H2,15,18). The molecule has 1 heterocycles. The minimum atomic E-state index is 0.454. The summed E-state index contributed by atoms with van der Waals surface area (Å²) in [5.74, 6) is 0. The van der Waals surface area contributed by atoms with Crippen molar-refractivity contribution in [2.75, 3.05) is 37.6 Å². The van der Waals surface area contributed by atoms with Crippen LogP contribution in [0.15, 0.2) is 22.7 Å². The van der Waals surface area contributed by atoms with Gasteiger partial charge < -0.3 is 15.5 Å². The molecule has 1 aliphatic rings. The number of nitrogens with zero attached hydrogens (tertiary/aromatic N) is 2. The van der Waals surface area contributed by atoms with Gasteiger partial charge in [0, 0.05) is 41.9 Å². The minimum absolute atomic E-state index is 0.454. The molecule has 98 valence electrons. The molecule has 1 saturated heterocycles. The highest BCUT2D eigenvalue weighted by molar-refractivity contribution is 9.10. The first kappa shape index (κ1) is 13.8. The van der Waals surface area contributed by atoms with E-state index in [1.54, 1.807) is 0 Å². The first-order chi connectivity index (χ1) is 8.63. The van der Waals surface area contributed by atoms with Crippen LogP contribution in [0, 0.1) is 0 Å². The summed E-state index contributed by atoms with van der Waals surface area (Å²) in [7, 11) is 0. The van der Waals surface area contributed by atoms with Crippen LogP contribution < -0.4 is 10.6 Å². The number of hydrogen-bond donors (Lipinski definition) is 1. The fourth-order valence-corrected chi connectivity index (χ4v) is 3.24. The van der Waals surface area contributed by atoms with E-state index in [9.17, 15) is 0 Å². The van der Waals surface area contributed by atoms with E-state index in [0.717, 1.165) is 48.4 Å². The molecule has 0 aliphatic carbocycles. The van der Waals surface area contributed by atoms with E-state index in [-0.39, 0.29) is 0 Å². The summed E-state index contributed by atoms with van der Waals surface area (Å²) in [6, 6.07) is 6.12. The maximum Gasteiger partial charge on any atom is 0.107 e. The number of nitrogens with two attached hydrogens (primary N) is 1. The zero-order valence-electron chi connectivity index (χ0n) is 10.5. The molecule has 0 aromatic heterocycles. The van der Waals surface area contributed by atoms with Gasteiger partial charge in [0.1, 0.15) is 4.99 Å². The smallest absolute Gasteiger partial charge is 0.107 e. The van der Waals surface area contributed by atoms with Crippen LogP contribution in [0.2, 0.25) is 0 Å². The van der Waals surface area contributed by atoms with Crippen molar-refractivity contribution in [3.63, 3.8) is 0 Å². The van der Waals surface area contributed by atoms with Crippen LogP contribution in [0.4, 0.5) is 5.69 Å². The van der Waals surface area contributed by atoms with Gasteiger partial charge in [-0.2, -0.15) is 0 Å². The van der Waals surface area contributed by atoms with Crippen LogP contribution in [0.25, 0.3) is 0 Å². The molecule has 0 amide bonds. The summed E-state index contributed by atoms with van der Waals surface area (Å²) < 4.78 is 0.977. The lowest BCUT2D eigenvalue weighted by Gasteiger charge is -2.36. The van der Waals surface area contributed by atoms with Crippen LogP contribution in [0.3, 0.4) is 0 Å². The molecule has 0 unspecified atom stereocenters. The maximum atomic E-state index is 5.84.